The molecule has 0 aromatic heterocycles. The third-order valence-corrected chi connectivity index (χ3v) is 15.4. The molecular formula is C22H40O3Si2. The Morgan fingerprint density at radius 3 is 1.81 bits per heavy atom. The van der Waals surface area contributed by atoms with Gasteiger partial charge in [-0.3, -0.25) is 0 Å². The van der Waals surface area contributed by atoms with Crippen molar-refractivity contribution in [3.8, 4) is 5.75 Å². The van der Waals surface area contributed by atoms with Crippen molar-refractivity contribution in [3.63, 3.8) is 0 Å². The van der Waals surface area contributed by atoms with Gasteiger partial charge in [0, 0.05) is 6.42 Å². The van der Waals surface area contributed by atoms with Crippen LogP contribution in [-0.4, -0.2) is 35.4 Å². The lowest BCUT2D eigenvalue weighted by atomic mass is 10.1. The van der Waals surface area contributed by atoms with Crippen LogP contribution in [0.5, 0.6) is 5.75 Å². The van der Waals surface area contributed by atoms with Crippen molar-refractivity contribution in [3.05, 3.63) is 29.8 Å². The predicted octanol–water partition coefficient (Wildman–Crippen LogP) is 6.40. The molecular weight excluding hydrogens is 368 g/mol. The summed E-state index contributed by atoms with van der Waals surface area (Å²) in [5.41, 5.74) is 1.29. The molecule has 1 saturated heterocycles. The molecule has 1 heterocycles. The van der Waals surface area contributed by atoms with Crippen molar-refractivity contribution in [2.75, 3.05) is 6.61 Å². The molecule has 1 aromatic rings. The summed E-state index contributed by atoms with van der Waals surface area (Å²) in [6.45, 7) is 23.7. The third kappa shape index (κ3) is 5.92. The highest BCUT2D eigenvalue weighted by Gasteiger charge is 2.43. The maximum absolute atomic E-state index is 6.68. The number of hydrogen-bond acceptors (Lipinski definition) is 3. The van der Waals surface area contributed by atoms with E-state index in [-0.39, 0.29) is 22.3 Å². The van der Waals surface area contributed by atoms with Crippen molar-refractivity contribution < 1.29 is 13.6 Å². The molecule has 0 amide bonds. The van der Waals surface area contributed by atoms with Gasteiger partial charge >= 0.3 is 0 Å². The molecule has 2 rings (SSSR count). The van der Waals surface area contributed by atoms with Crippen molar-refractivity contribution in [1.82, 2.24) is 0 Å². The van der Waals surface area contributed by atoms with Gasteiger partial charge in [0.25, 0.3) is 0 Å². The maximum Gasteiger partial charge on any atom is 0.250 e. The van der Waals surface area contributed by atoms with Crippen LogP contribution < -0.4 is 4.43 Å². The zero-order chi connectivity index (χ0) is 20.7. The van der Waals surface area contributed by atoms with E-state index in [4.69, 9.17) is 13.6 Å². The summed E-state index contributed by atoms with van der Waals surface area (Å²) in [5, 5.41) is 0.415. The summed E-state index contributed by atoms with van der Waals surface area (Å²) in [7, 11) is -3.60. The summed E-state index contributed by atoms with van der Waals surface area (Å²) in [6.07, 6.45) is 1.30. The topological polar surface area (TPSA) is 31.0 Å². The van der Waals surface area contributed by atoms with Gasteiger partial charge in [-0.25, -0.2) is 0 Å². The molecule has 0 aliphatic carbocycles. The Bertz CT molecular complexity index is 620. The molecule has 1 aromatic carbocycles. The van der Waals surface area contributed by atoms with Crippen LogP contribution in [0.2, 0.25) is 36.3 Å². The molecule has 0 spiro atoms. The molecule has 0 radical (unpaired) electrons. The molecule has 3 nitrogen and oxygen atoms in total. The SMILES string of the molecule is CC(C)(C)[Si](C)(C)Oc1ccc(C[C@H](O[Si](C)(C)C(C)(C)C)[C@H]2CO2)cc1. The molecule has 0 bridgehead atoms. The first-order valence-electron chi connectivity index (χ1n) is 10.2. The molecule has 1 aliphatic heterocycles. The second-order valence-corrected chi connectivity index (χ2v) is 20.5. The standard InChI is InChI=1S/C22H40O3Si2/c1-21(2,3)26(7,8)24-18-13-11-17(12-14-18)15-19(20-16-23-20)25-27(9,10)22(4,5)6/h11-14,19-20H,15-16H2,1-10H3/t19-,20+/m0/s1. The number of ether oxygens (including phenoxy) is 1. The Hall–Kier alpha value is -0.626. The number of benzene rings is 1. The predicted molar refractivity (Wildman–Crippen MR) is 120 cm³/mol. The van der Waals surface area contributed by atoms with Gasteiger partial charge in [-0.1, -0.05) is 53.7 Å². The van der Waals surface area contributed by atoms with E-state index in [0.717, 1.165) is 18.8 Å². The highest BCUT2D eigenvalue weighted by Crippen LogP contribution is 2.40. The van der Waals surface area contributed by atoms with Gasteiger partial charge in [-0.05, 0) is 54.0 Å². The molecule has 0 saturated carbocycles. The Morgan fingerprint density at radius 1 is 0.926 bits per heavy atom. The highest BCUT2D eigenvalue weighted by molar-refractivity contribution is 6.75. The fraction of sp³-hybridized carbons (Fsp3) is 0.727. The second kappa shape index (κ2) is 7.66. The third-order valence-electron chi connectivity index (χ3n) is 6.57. The molecule has 0 N–H and O–H groups in total. The molecule has 0 unspecified atom stereocenters. The Kier molecular flexibility index (Phi) is 6.43. The van der Waals surface area contributed by atoms with E-state index in [1.807, 2.05) is 0 Å². The van der Waals surface area contributed by atoms with Crippen LogP contribution in [0, 0.1) is 0 Å². The van der Waals surface area contributed by atoms with E-state index < -0.39 is 16.6 Å². The summed E-state index contributed by atoms with van der Waals surface area (Å²) >= 11 is 0. The van der Waals surface area contributed by atoms with Crippen LogP contribution >= 0.6 is 0 Å². The molecule has 1 fully saturated rings. The Labute approximate surface area is 169 Å². The number of hydrogen-bond donors (Lipinski definition) is 0. The van der Waals surface area contributed by atoms with E-state index in [2.05, 4.69) is 92.0 Å². The summed E-state index contributed by atoms with van der Waals surface area (Å²) < 4.78 is 18.7. The normalized spacial score (nSPS) is 19.7. The van der Waals surface area contributed by atoms with E-state index in [0.29, 0.717) is 0 Å². The largest absolute Gasteiger partial charge is 0.544 e. The van der Waals surface area contributed by atoms with E-state index in [1.165, 1.54) is 5.56 Å². The first-order valence-corrected chi connectivity index (χ1v) is 16.0. The Morgan fingerprint density at radius 2 is 1.41 bits per heavy atom. The van der Waals surface area contributed by atoms with Gasteiger partial charge in [0.15, 0.2) is 8.32 Å². The van der Waals surface area contributed by atoms with E-state index in [1.54, 1.807) is 0 Å². The minimum absolute atomic E-state index is 0.151. The fourth-order valence-electron chi connectivity index (χ4n) is 2.45. The molecule has 2 atom stereocenters. The van der Waals surface area contributed by atoms with Crippen molar-refractivity contribution in [1.29, 1.82) is 0 Å². The van der Waals surface area contributed by atoms with Gasteiger partial charge in [0.05, 0.1) is 12.7 Å². The van der Waals surface area contributed by atoms with Gasteiger partial charge in [-0.15, -0.1) is 0 Å². The first-order chi connectivity index (χ1) is 12.1. The van der Waals surface area contributed by atoms with Gasteiger partial charge in [0.2, 0.25) is 8.32 Å². The number of epoxide rings is 1. The van der Waals surface area contributed by atoms with Crippen LogP contribution in [0.3, 0.4) is 0 Å². The number of rotatable bonds is 7. The average molecular weight is 409 g/mol. The fourth-order valence-corrected chi connectivity index (χ4v) is 4.83. The van der Waals surface area contributed by atoms with Crippen LogP contribution in [0.15, 0.2) is 24.3 Å². The maximum atomic E-state index is 6.68. The monoisotopic (exact) mass is 408 g/mol. The summed E-state index contributed by atoms with van der Waals surface area (Å²) in [5.74, 6) is 0.981. The molecule has 1 aliphatic rings. The van der Waals surface area contributed by atoms with E-state index >= 15 is 0 Å². The van der Waals surface area contributed by atoms with Crippen LogP contribution in [0.4, 0.5) is 0 Å². The smallest absolute Gasteiger partial charge is 0.250 e. The zero-order valence-corrected chi connectivity index (χ0v) is 21.1. The highest BCUT2D eigenvalue weighted by atomic mass is 28.4. The minimum Gasteiger partial charge on any atom is -0.544 e. The zero-order valence-electron chi connectivity index (χ0n) is 19.1. The minimum atomic E-state index is -1.81. The van der Waals surface area contributed by atoms with E-state index in [9.17, 15) is 0 Å². The lowest BCUT2D eigenvalue weighted by molar-refractivity contribution is 0.142. The van der Waals surface area contributed by atoms with Crippen LogP contribution in [0.25, 0.3) is 0 Å². The summed E-state index contributed by atoms with van der Waals surface area (Å²) in [4.78, 5) is 0. The van der Waals surface area contributed by atoms with Crippen LogP contribution in [0.1, 0.15) is 47.1 Å². The van der Waals surface area contributed by atoms with Crippen molar-refractivity contribution >= 4 is 16.6 Å². The van der Waals surface area contributed by atoms with Crippen molar-refractivity contribution in [2.24, 2.45) is 0 Å². The van der Waals surface area contributed by atoms with Gasteiger partial charge < -0.3 is 13.6 Å². The van der Waals surface area contributed by atoms with Gasteiger partial charge in [-0.2, -0.15) is 0 Å². The van der Waals surface area contributed by atoms with Crippen molar-refractivity contribution in [2.45, 2.75) is 96.4 Å². The molecule has 5 heteroatoms. The lowest BCUT2D eigenvalue weighted by Gasteiger charge is -2.39. The van der Waals surface area contributed by atoms with Crippen LogP contribution in [-0.2, 0) is 15.6 Å². The quantitative estimate of drug-likeness (QED) is 0.386. The van der Waals surface area contributed by atoms with Gasteiger partial charge in [0.1, 0.15) is 11.9 Å². The summed E-state index contributed by atoms with van der Waals surface area (Å²) in [6, 6.07) is 8.61. The first kappa shape index (κ1) is 22.7. The molecule has 154 valence electrons. The Balaban J connectivity index is 2.06. The average Bonchev–Trinajstić information content (AvgIpc) is 3.30. The lowest BCUT2D eigenvalue weighted by Crippen LogP contribution is -2.46. The molecule has 27 heavy (non-hydrogen) atoms. The second-order valence-electron chi connectivity index (χ2n) is 11.0.